The van der Waals surface area contributed by atoms with E-state index in [0.29, 0.717) is 13.2 Å². The highest BCUT2D eigenvalue weighted by molar-refractivity contribution is 5.98. The molecule has 1 unspecified atom stereocenters. The minimum atomic E-state index is -1.20. The van der Waals surface area contributed by atoms with Crippen LogP contribution < -0.4 is 16.4 Å². The van der Waals surface area contributed by atoms with Gasteiger partial charge in [0.05, 0.1) is 37.7 Å². The Labute approximate surface area is 270 Å². The summed E-state index contributed by atoms with van der Waals surface area (Å²) < 4.78 is 12.8. The van der Waals surface area contributed by atoms with Crippen LogP contribution in [0, 0.1) is 0 Å². The number of likely N-dealkylation sites (tertiary alicyclic amines) is 1. The van der Waals surface area contributed by atoms with E-state index in [1.54, 1.807) is 31.7 Å². The molecule has 44 heavy (non-hydrogen) atoms. The third-order valence-corrected chi connectivity index (χ3v) is 7.12. The minimum absolute atomic E-state index is 0. The molecule has 0 radical (unpaired) electrons. The van der Waals surface area contributed by atoms with Gasteiger partial charge in [-0.25, -0.2) is 4.98 Å². The fourth-order valence-electron chi connectivity index (χ4n) is 4.88. The number of nitrogens with two attached hydrogens (primary N) is 1. The average molecular weight is 650 g/mol. The Bertz CT molecular complexity index is 1340. The van der Waals surface area contributed by atoms with Crippen molar-refractivity contribution in [1.82, 2.24) is 19.8 Å². The Morgan fingerprint density at radius 1 is 1.07 bits per heavy atom. The fourth-order valence-corrected chi connectivity index (χ4v) is 4.88. The molecule has 4 N–H and O–H groups in total. The lowest BCUT2D eigenvalue weighted by atomic mass is 10.0. The predicted octanol–water partition coefficient (Wildman–Crippen LogP) is 3.33. The van der Waals surface area contributed by atoms with E-state index in [1.807, 2.05) is 65.6 Å². The maximum absolute atomic E-state index is 13.9. The molecule has 2 heterocycles. The molecule has 0 spiro atoms. The highest BCUT2D eigenvalue weighted by atomic mass is 35.5. The largest absolute Gasteiger partial charge is 0.383 e. The van der Waals surface area contributed by atoms with E-state index >= 15 is 0 Å². The second kappa shape index (κ2) is 17.1. The van der Waals surface area contributed by atoms with Crippen LogP contribution in [0.15, 0.2) is 73.2 Å². The molecule has 240 valence electrons. The van der Waals surface area contributed by atoms with Crippen LogP contribution in [0.4, 0.5) is 5.82 Å². The lowest BCUT2D eigenvalue weighted by Crippen LogP contribution is -2.56. The molecule has 3 amide bonds. The Hall–Kier alpha value is -3.48. The molecule has 4 rings (SSSR count). The van der Waals surface area contributed by atoms with Crippen molar-refractivity contribution in [3.05, 3.63) is 84.3 Å². The van der Waals surface area contributed by atoms with Crippen molar-refractivity contribution in [2.75, 3.05) is 32.2 Å². The Morgan fingerprint density at radius 2 is 1.73 bits per heavy atom. The molecule has 3 aromatic rings. The Morgan fingerprint density at radius 3 is 2.36 bits per heavy atom. The molecule has 3 atom stereocenters. The van der Waals surface area contributed by atoms with Crippen LogP contribution in [0.2, 0.25) is 0 Å². The minimum Gasteiger partial charge on any atom is -0.383 e. The molecule has 1 aromatic heterocycles. The summed E-state index contributed by atoms with van der Waals surface area (Å²) in [5.74, 6) is -0.853. The lowest BCUT2D eigenvalue weighted by molar-refractivity contribution is -0.135. The number of halogens is 2. The number of carbonyl (C=O) groups excluding carboxylic acids is 3. The average Bonchev–Trinajstić information content (AvgIpc) is 3.63. The van der Waals surface area contributed by atoms with Gasteiger partial charge in [0.2, 0.25) is 5.91 Å². The van der Waals surface area contributed by atoms with E-state index in [2.05, 4.69) is 15.6 Å². The van der Waals surface area contributed by atoms with Crippen molar-refractivity contribution >= 4 is 48.4 Å². The number of carbonyl (C=O) groups is 3. The second-order valence-corrected chi connectivity index (χ2v) is 11.0. The molecule has 1 saturated heterocycles. The van der Waals surface area contributed by atoms with Crippen molar-refractivity contribution in [3.63, 3.8) is 0 Å². The number of anilines is 1. The Kier molecular flexibility index (Phi) is 14.3. The molecule has 2 aromatic carbocycles. The SMILES string of the molecule is COC[C@H]1CCCN1C(=O)C(c1ccccc1)n1cnc(NC(=O)[C@@H](COCc2ccccc2)NC(=O)C(C)(C)N)c1.Cl.Cl. The predicted molar refractivity (Wildman–Crippen MR) is 173 cm³/mol. The third kappa shape index (κ3) is 9.76. The van der Waals surface area contributed by atoms with Crippen molar-refractivity contribution in [3.8, 4) is 0 Å². The number of nitrogens with zero attached hydrogens (tertiary/aromatic N) is 3. The number of ether oxygens (including phenoxy) is 2. The summed E-state index contributed by atoms with van der Waals surface area (Å²) in [7, 11) is 1.64. The van der Waals surface area contributed by atoms with Crippen LogP contribution in [-0.4, -0.2) is 76.7 Å². The van der Waals surface area contributed by atoms with Crippen LogP contribution in [0.25, 0.3) is 0 Å². The summed E-state index contributed by atoms with van der Waals surface area (Å²) in [4.78, 5) is 46.1. The number of benzene rings is 2. The van der Waals surface area contributed by atoms with Gasteiger partial charge in [-0.3, -0.25) is 14.4 Å². The quantitative estimate of drug-likeness (QED) is 0.258. The summed E-state index contributed by atoms with van der Waals surface area (Å²) in [5, 5.41) is 5.44. The van der Waals surface area contributed by atoms with Crippen molar-refractivity contribution in [1.29, 1.82) is 0 Å². The van der Waals surface area contributed by atoms with E-state index < -0.39 is 29.4 Å². The van der Waals surface area contributed by atoms with Gasteiger partial charge in [-0.1, -0.05) is 60.7 Å². The van der Waals surface area contributed by atoms with Gasteiger partial charge in [0.25, 0.3) is 11.8 Å². The van der Waals surface area contributed by atoms with Gasteiger partial charge >= 0.3 is 0 Å². The molecule has 0 aliphatic carbocycles. The summed E-state index contributed by atoms with van der Waals surface area (Å²) >= 11 is 0. The van der Waals surface area contributed by atoms with Crippen molar-refractivity contribution in [2.45, 2.75) is 57.0 Å². The molecular formula is C31H42Cl2N6O5. The third-order valence-electron chi connectivity index (χ3n) is 7.12. The number of hydrogen-bond acceptors (Lipinski definition) is 7. The van der Waals surface area contributed by atoms with E-state index in [9.17, 15) is 14.4 Å². The van der Waals surface area contributed by atoms with Gasteiger partial charge < -0.3 is 35.3 Å². The maximum Gasteiger partial charge on any atom is 0.250 e. The van der Waals surface area contributed by atoms with E-state index in [-0.39, 0.29) is 55.8 Å². The highest BCUT2D eigenvalue weighted by Crippen LogP contribution is 2.27. The summed E-state index contributed by atoms with van der Waals surface area (Å²) in [6.45, 7) is 4.42. The molecule has 1 fully saturated rings. The number of amides is 3. The Balaban J connectivity index is 0.00000337. The lowest BCUT2D eigenvalue weighted by Gasteiger charge is -2.29. The summed E-state index contributed by atoms with van der Waals surface area (Å²) in [6, 6.07) is 17.3. The molecule has 11 nitrogen and oxygen atoms in total. The van der Waals surface area contributed by atoms with Crippen molar-refractivity contribution < 1.29 is 23.9 Å². The zero-order valence-corrected chi connectivity index (χ0v) is 26.8. The van der Waals surface area contributed by atoms with Crippen LogP contribution in [-0.2, 0) is 30.5 Å². The van der Waals surface area contributed by atoms with Gasteiger partial charge in [-0.05, 0) is 37.8 Å². The molecule has 0 saturated carbocycles. The first-order valence-electron chi connectivity index (χ1n) is 14.1. The molecule has 1 aliphatic rings. The van der Waals surface area contributed by atoms with Crippen LogP contribution in [0.5, 0.6) is 0 Å². The number of rotatable bonds is 13. The second-order valence-electron chi connectivity index (χ2n) is 11.0. The first-order chi connectivity index (χ1) is 20.2. The fraction of sp³-hybridized carbons (Fsp3) is 0.419. The highest BCUT2D eigenvalue weighted by Gasteiger charge is 2.35. The monoisotopic (exact) mass is 648 g/mol. The molecular weight excluding hydrogens is 607 g/mol. The summed E-state index contributed by atoms with van der Waals surface area (Å²) in [5.41, 5.74) is 6.49. The van der Waals surface area contributed by atoms with Gasteiger partial charge in [0.15, 0.2) is 5.82 Å². The zero-order valence-electron chi connectivity index (χ0n) is 25.2. The maximum atomic E-state index is 13.9. The van der Waals surface area contributed by atoms with Crippen LogP contribution in [0.1, 0.15) is 43.9 Å². The van der Waals surface area contributed by atoms with Gasteiger partial charge in [0, 0.05) is 19.9 Å². The van der Waals surface area contributed by atoms with E-state index in [0.717, 1.165) is 24.0 Å². The van der Waals surface area contributed by atoms with Gasteiger partial charge in [0.1, 0.15) is 12.1 Å². The van der Waals surface area contributed by atoms with Gasteiger partial charge in [-0.2, -0.15) is 0 Å². The van der Waals surface area contributed by atoms with E-state index in [1.165, 1.54) is 6.33 Å². The number of aromatic nitrogens is 2. The van der Waals surface area contributed by atoms with Crippen LogP contribution in [0.3, 0.4) is 0 Å². The number of imidazole rings is 1. The number of nitrogens with one attached hydrogen (secondary N) is 2. The standard InChI is InChI=1S/C31H40N6O5.2ClH/c1-31(2,32)30(40)34-25(20-42-18-22-11-6-4-7-12-22)28(38)35-26-17-36(21-33-26)27(23-13-8-5-9-14-23)29(39)37-16-10-15-24(37)19-41-3;;/h4-9,11-14,17,21,24-25,27H,10,15-16,18-20,32H2,1-3H3,(H,34,40)(H,35,38);2*1H/t24-,25-,27?;;/m1../s1. The molecule has 1 aliphatic heterocycles. The number of methoxy groups -OCH3 is 1. The molecule has 13 heteroatoms. The van der Waals surface area contributed by atoms with Gasteiger partial charge in [-0.15, -0.1) is 24.8 Å². The van der Waals surface area contributed by atoms with E-state index in [4.69, 9.17) is 15.2 Å². The first-order valence-corrected chi connectivity index (χ1v) is 14.1. The normalized spacial score (nSPS) is 15.8. The smallest absolute Gasteiger partial charge is 0.250 e. The number of hydrogen-bond donors (Lipinski definition) is 3. The van der Waals surface area contributed by atoms with Crippen LogP contribution >= 0.6 is 24.8 Å². The zero-order chi connectivity index (χ0) is 30.1. The first kappa shape index (κ1) is 36.7. The topological polar surface area (TPSA) is 141 Å². The molecule has 0 bridgehead atoms. The summed E-state index contributed by atoms with van der Waals surface area (Å²) in [6.07, 6.45) is 4.93. The van der Waals surface area contributed by atoms with Crippen molar-refractivity contribution in [2.24, 2.45) is 5.73 Å².